The number of rotatable bonds is 6. The van der Waals surface area contributed by atoms with Gasteiger partial charge in [-0.1, -0.05) is 20.8 Å². The lowest BCUT2D eigenvalue weighted by Crippen LogP contribution is -2.35. The molecule has 2 aromatic heterocycles. The molecule has 2 aromatic rings. The Bertz CT molecular complexity index is 496. The molecular formula is C12H19N5S. The van der Waals surface area contributed by atoms with Crippen LogP contribution in [0.2, 0.25) is 0 Å². The summed E-state index contributed by atoms with van der Waals surface area (Å²) in [6.45, 7) is 7.60. The van der Waals surface area contributed by atoms with Gasteiger partial charge in [0.2, 0.25) is 0 Å². The van der Waals surface area contributed by atoms with E-state index < -0.39 is 0 Å². The van der Waals surface area contributed by atoms with Crippen molar-refractivity contribution in [3.8, 4) is 0 Å². The summed E-state index contributed by atoms with van der Waals surface area (Å²) in [5.41, 5.74) is 1.67. The lowest BCUT2D eigenvalue weighted by molar-refractivity contribution is 0.443. The van der Waals surface area contributed by atoms with Gasteiger partial charge >= 0.3 is 0 Å². The van der Waals surface area contributed by atoms with Gasteiger partial charge < -0.3 is 10.3 Å². The molecule has 98 valence electrons. The minimum absolute atomic E-state index is 0.493. The average molecular weight is 265 g/mol. The third kappa shape index (κ3) is 3.00. The van der Waals surface area contributed by atoms with Gasteiger partial charge in [-0.25, -0.2) is 15.0 Å². The van der Waals surface area contributed by atoms with E-state index in [4.69, 9.17) is 0 Å². The van der Waals surface area contributed by atoms with Crippen LogP contribution in [-0.2, 0) is 0 Å². The normalized spacial score (nSPS) is 13.3. The van der Waals surface area contributed by atoms with Crippen LogP contribution >= 0.6 is 11.8 Å². The lowest BCUT2D eigenvalue weighted by atomic mass is 10.1. The summed E-state index contributed by atoms with van der Waals surface area (Å²) in [5, 5.41) is 4.48. The Balaban J connectivity index is 2.07. The van der Waals surface area contributed by atoms with Crippen LogP contribution in [-0.4, -0.2) is 38.3 Å². The molecule has 0 bridgehead atoms. The molecule has 0 aliphatic rings. The second-order valence-corrected chi connectivity index (χ2v) is 5.51. The summed E-state index contributed by atoms with van der Waals surface area (Å²) >= 11 is 1.75. The smallest absolute Gasteiger partial charge is 0.181 e. The third-order valence-electron chi connectivity index (χ3n) is 2.86. The van der Waals surface area contributed by atoms with Gasteiger partial charge in [0.15, 0.2) is 5.65 Å². The Morgan fingerprint density at radius 2 is 2.17 bits per heavy atom. The summed E-state index contributed by atoms with van der Waals surface area (Å²) in [6.07, 6.45) is 3.23. The zero-order valence-corrected chi connectivity index (χ0v) is 11.8. The molecule has 1 unspecified atom stereocenters. The zero-order valence-electron chi connectivity index (χ0n) is 11.0. The fraction of sp³-hybridized carbons (Fsp3) is 0.583. The SMILES string of the molecule is CCNC(CSc1ncnc2nc[nH]c12)C(C)C. The fourth-order valence-corrected chi connectivity index (χ4v) is 3.03. The maximum absolute atomic E-state index is 4.32. The molecule has 1 atom stereocenters. The molecule has 6 heteroatoms. The minimum Gasteiger partial charge on any atom is -0.341 e. The van der Waals surface area contributed by atoms with Crippen LogP contribution in [0.15, 0.2) is 17.7 Å². The van der Waals surface area contributed by atoms with Gasteiger partial charge in [-0.2, -0.15) is 0 Å². The van der Waals surface area contributed by atoms with Crippen molar-refractivity contribution >= 4 is 22.9 Å². The Morgan fingerprint density at radius 1 is 1.33 bits per heavy atom. The topological polar surface area (TPSA) is 66.5 Å². The standard InChI is InChI=1S/C12H19N5S/c1-4-13-9(8(2)3)5-18-12-10-11(15-6-14-10)16-7-17-12/h6-9,13H,4-5H2,1-3H3,(H,14,15,16,17). The molecule has 2 rings (SSSR count). The maximum Gasteiger partial charge on any atom is 0.181 e. The zero-order chi connectivity index (χ0) is 13.0. The van der Waals surface area contributed by atoms with Gasteiger partial charge in [0, 0.05) is 11.8 Å². The molecule has 5 nitrogen and oxygen atoms in total. The molecule has 0 aliphatic carbocycles. The minimum atomic E-state index is 0.493. The van der Waals surface area contributed by atoms with E-state index in [0.717, 1.165) is 28.5 Å². The number of H-pyrrole nitrogens is 1. The first-order valence-electron chi connectivity index (χ1n) is 6.22. The van der Waals surface area contributed by atoms with Crippen molar-refractivity contribution in [3.05, 3.63) is 12.7 Å². The molecular weight excluding hydrogens is 246 g/mol. The van der Waals surface area contributed by atoms with E-state index in [-0.39, 0.29) is 0 Å². The van der Waals surface area contributed by atoms with Gasteiger partial charge in [-0.3, -0.25) is 0 Å². The maximum atomic E-state index is 4.32. The number of aromatic nitrogens is 4. The molecule has 0 aromatic carbocycles. The molecule has 2 N–H and O–H groups in total. The van der Waals surface area contributed by atoms with E-state index in [1.54, 1.807) is 24.4 Å². The Labute approximate surface area is 111 Å². The largest absolute Gasteiger partial charge is 0.341 e. The van der Waals surface area contributed by atoms with E-state index in [0.29, 0.717) is 12.0 Å². The third-order valence-corrected chi connectivity index (χ3v) is 3.97. The Hall–Kier alpha value is -1.14. The number of thioether (sulfide) groups is 1. The van der Waals surface area contributed by atoms with Crippen molar-refractivity contribution < 1.29 is 0 Å². The van der Waals surface area contributed by atoms with Crippen LogP contribution < -0.4 is 5.32 Å². The Morgan fingerprint density at radius 3 is 2.89 bits per heavy atom. The van der Waals surface area contributed by atoms with Gasteiger partial charge in [0.05, 0.1) is 6.33 Å². The number of fused-ring (bicyclic) bond motifs is 1. The van der Waals surface area contributed by atoms with Crippen molar-refractivity contribution in [2.75, 3.05) is 12.3 Å². The van der Waals surface area contributed by atoms with Crippen LogP contribution in [0.1, 0.15) is 20.8 Å². The predicted octanol–water partition coefficient (Wildman–Crippen LogP) is 2.08. The fourth-order valence-electron chi connectivity index (χ4n) is 1.77. The second kappa shape index (κ2) is 6.15. The van der Waals surface area contributed by atoms with Crippen molar-refractivity contribution in [1.82, 2.24) is 25.3 Å². The highest BCUT2D eigenvalue weighted by atomic mass is 32.2. The van der Waals surface area contributed by atoms with Crippen LogP contribution in [0.4, 0.5) is 0 Å². The molecule has 0 saturated heterocycles. The molecule has 0 fully saturated rings. The quantitative estimate of drug-likeness (QED) is 0.618. The number of nitrogens with zero attached hydrogens (tertiary/aromatic N) is 3. The van der Waals surface area contributed by atoms with Crippen molar-refractivity contribution in [2.45, 2.75) is 31.8 Å². The van der Waals surface area contributed by atoms with Crippen LogP contribution in [0.3, 0.4) is 0 Å². The molecule has 0 spiro atoms. The second-order valence-electron chi connectivity index (χ2n) is 4.50. The molecule has 2 heterocycles. The number of hydrogen-bond donors (Lipinski definition) is 2. The van der Waals surface area contributed by atoms with Crippen molar-refractivity contribution in [1.29, 1.82) is 0 Å². The monoisotopic (exact) mass is 265 g/mol. The molecule has 0 radical (unpaired) electrons. The Kier molecular flexibility index (Phi) is 4.54. The molecule has 0 amide bonds. The average Bonchev–Trinajstić information content (AvgIpc) is 2.82. The van der Waals surface area contributed by atoms with E-state index in [9.17, 15) is 0 Å². The van der Waals surface area contributed by atoms with E-state index in [1.807, 2.05) is 0 Å². The molecule has 0 aliphatic heterocycles. The van der Waals surface area contributed by atoms with Gasteiger partial charge in [0.25, 0.3) is 0 Å². The molecule has 0 saturated carbocycles. The van der Waals surface area contributed by atoms with Crippen LogP contribution in [0.25, 0.3) is 11.2 Å². The van der Waals surface area contributed by atoms with Crippen LogP contribution in [0.5, 0.6) is 0 Å². The van der Waals surface area contributed by atoms with Crippen molar-refractivity contribution in [3.63, 3.8) is 0 Å². The first-order valence-corrected chi connectivity index (χ1v) is 7.21. The van der Waals surface area contributed by atoms with Gasteiger partial charge in [-0.05, 0) is 12.5 Å². The van der Waals surface area contributed by atoms with E-state index >= 15 is 0 Å². The first-order chi connectivity index (χ1) is 8.72. The highest BCUT2D eigenvalue weighted by molar-refractivity contribution is 7.99. The molecule has 18 heavy (non-hydrogen) atoms. The summed E-state index contributed by atoms with van der Waals surface area (Å²) in [7, 11) is 0. The van der Waals surface area contributed by atoms with Gasteiger partial charge in [-0.15, -0.1) is 11.8 Å². The highest BCUT2D eigenvalue weighted by Gasteiger charge is 2.14. The summed E-state index contributed by atoms with van der Waals surface area (Å²) in [5.74, 6) is 1.60. The van der Waals surface area contributed by atoms with Gasteiger partial charge in [0.1, 0.15) is 16.9 Å². The summed E-state index contributed by atoms with van der Waals surface area (Å²) in [4.78, 5) is 15.7. The lowest BCUT2D eigenvalue weighted by Gasteiger charge is -2.20. The summed E-state index contributed by atoms with van der Waals surface area (Å²) < 4.78 is 0. The van der Waals surface area contributed by atoms with E-state index in [2.05, 4.69) is 46.0 Å². The van der Waals surface area contributed by atoms with Crippen molar-refractivity contribution in [2.24, 2.45) is 5.92 Å². The summed E-state index contributed by atoms with van der Waals surface area (Å²) in [6, 6.07) is 0.493. The number of aromatic amines is 1. The van der Waals surface area contributed by atoms with Crippen LogP contribution in [0, 0.1) is 5.92 Å². The predicted molar refractivity (Wildman–Crippen MR) is 74.7 cm³/mol. The first kappa shape index (κ1) is 13.3. The highest BCUT2D eigenvalue weighted by Crippen LogP contribution is 2.23. The number of imidazole rings is 1. The number of hydrogen-bond acceptors (Lipinski definition) is 5. The number of nitrogens with one attached hydrogen (secondary N) is 2. The van der Waals surface area contributed by atoms with E-state index in [1.165, 1.54) is 0 Å².